The molecule has 0 aliphatic heterocycles. The minimum absolute atomic E-state index is 0.0532. The van der Waals surface area contributed by atoms with E-state index in [1.165, 1.54) is 19.8 Å². The van der Waals surface area contributed by atoms with Gasteiger partial charge in [-0.15, -0.1) is 0 Å². The van der Waals surface area contributed by atoms with E-state index in [4.69, 9.17) is 9.84 Å². The van der Waals surface area contributed by atoms with E-state index in [9.17, 15) is 14.4 Å². The molecule has 0 heterocycles. The molecule has 3 rings (SSSR count). The molecule has 2 fully saturated rings. The summed E-state index contributed by atoms with van der Waals surface area (Å²) in [5.74, 6) is 0.0593. The molecule has 0 bridgehead atoms. The molecule has 27 heavy (non-hydrogen) atoms. The zero-order valence-electron chi connectivity index (χ0n) is 15.5. The SMILES string of the molecule is CC(=O)c1cccc(OCC(=O)NC2CC(N(CC(=O)O)CC3CC3)C2)c1. The van der Waals surface area contributed by atoms with Gasteiger partial charge in [-0.1, -0.05) is 12.1 Å². The Bertz CT molecular complexity index is 710. The van der Waals surface area contributed by atoms with Gasteiger partial charge >= 0.3 is 5.97 Å². The highest BCUT2D eigenvalue weighted by Gasteiger charge is 2.37. The molecule has 146 valence electrons. The van der Waals surface area contributed by atoms with Crippen LogP contribution in [0.1, 0.15) is 43.0 Å². The fraction of sp³-hybridized carbons (Fsp3) is 0.550. The van der Waals surface area contributed by atoms with Crippen molar-refractivity contribution in [2.45, 2.75) is 44.7 Å². The minimum Gasteiger partial charge on any atom is -0.484 e. The van der Waals surface area contributed by atoms with Crippen LogP contribution in [-0.2, 0) is 9.59 Å². The number of hydrogen-bond acceptors (Lipinski definition) is 5. The molecule has 0 unspecified atom stereocenters. The number of benzene rings is 1. The highest BCUT2D eigenvalue weighted by Crippen LogP contribution is 2.33. The number of carbonyl (C=O) groups excluding carboxylic acids is 2. The Balaban J connectivity index is 1.40. The molecular formula is C20H26N2O5. The summed E-state index contributed by atoms with van der Waals surface area (Å²) >= 11 is 0. The van der Waals surface area contributed by atoms with Crippen LogP contribution in [0.5, 0.6) is 5.75 Å². The van der Waals surface area contributed by atoms with Gasteiger partial charge in [0.05, 0.1) is 6.54 Å². The number of rotatable bonds is 10. The Hall–Kier alpha value is -2.41. The molecular weight excluding hydrogens is 348 g/mol. The molecule has 7 heteroatoms. The predicted molar refractivity (Wildman–Crippen MR) is 98.8 cm³/mol. The van der Waals surface area contributed by atoms with Crippen LogP contribution in [0.25, 0.3) is 0 Å². The average Bonchev–Trinajstić information content (AvgIpc) is 3.39. The molecule has 0 spiro atoms. The predicted octanol–water partition coefficient (Wildman–Crippen LogP) is 1.71. The Morgan fingerprint density at radius 2 is 2.00 bits per heavy atom. The van der Waals surface area contributed by atoms with Crippen LogP contribution in [0.3, 0.4) is 0 Å². The lowest BCUT2D eigenvalue weighted by Gasteiger charge is -2.42. The van der Waals surface area contributed by atoms with Crippen LogP contribution < -0.4 is 10.1 Å². The van der Waals surface area contributed by atoms with Crippen LogP contribution in [0.2, 0.25) is 0 Å². The summed E-state index contributed by atoms with van der Waals surface area (Å²) in [5, 5.41) is 12.0. The lowest BCUT2D eigenvalue weighted by atomic mass is 9.85. The molecule has 2 saturated carbocycles. The first-order valence-electron chi connectivity index (χ1n) is 9.39. The highest BCUT2D eigenvalue weighted by atomic mass is 16.5. The zero-order valence-corrected chi connectivity index (χ0v) is 15.5. The van der Waals surface area contributed by atoms with E-state index in [1.807, 2.05) is 4.90 Å². The van der Waals surface area contributed by atoms with Crippen LogP contribution in [-0.4, -0.2) is 59.4 Å². The maximum atomic E-state index is 12.1. The maximum Gasteiger partial charge on any atom is 0.317 e. The van der Waals surface area contributed by atoms with Gasteiger partial charge in [-0.3, -0.25) is 19.3 Å². The largest absolute Gasteiger partial charge is 0.484 e. The van der Waals surface area contributed by atoms with Gasteiger partial charge in [0.2, 0.25) is 0 Å². The van der Waals surface area contributed by atoms with Gasteiger partial charge in [0.1, 0.15) is 5.75 Å². The Kier molecular flexibility index (Phi) is 6.11. The van der Waals surface area contributed by atoms with E-state index >= 15 is 0 Å². The summed E-state index contributed by atoms with van der Waals surface area (Å²) < 4.78 is 5.46. The molecule has 1 aromatic rings. The smallest absolute Gasteiger partial charge is 0.317 e. The van der Waals surface area contributed by atoms with Crippen molar-refractivity contribution in [3.8, 4) is 5.75 Å². The van der Waals surface area contributed by atoms with Gasteiger partial charge in [0, 0.05) is 24.2 Å². The van der Waals surface area contributed by atoms with Crippen molar-refractivity contribution in [1.82, 2.24) is 10.2 Å². The number of nitrogens with one attached hydrogen (secondary N) is 1. The van der Waals surface area contributed by atoms with Crippen molar-refractivity contribution in [2.24, 2.45) is 5.92 Å². The van der Waals surface area contributed by atoms with E-state index in [0.29, 0.717) is 17.2 Å². The third kappa shape index (κ3) is 5.79. The fourth-order valence-corrected chi connectivity index (χ4v) is 3.38. The second-order valence-electron chi connectivity index (χ2n) is 7.53. The summed E-state index contributed by atoms with van der Waals surface area (Å²) in [6.45, 7) is 2.28. The van der Waals surface area contributed by atoms with E-state index in [2.05, 4.69) is 5.32 Å². The standard InChI is InChI=1S/C20H26N2O5/c1-13(23)15-3-2-4-18(7-15)27-12-19(24)21-16-8-17(9-16)22(11-20(25)26)10-14-5-6-14/h2-4,7,14,16-17H,5-6,8-12H2,1H3,(H,21,24)(H,25,26). The first-order chi connectivity index (χ1) is 12.9. The van der Waals surface area contributed by atoms with Gasteiger partial charge in [-0.05, 0) is 50.7 Å². The number of Topliss-reactive ketones (excluding diaryl/α,β-unsaturated/α-hetero) is 1. The zero-order chi connectivity index (χ0) is 19.4. The third-order valence-electron chi connectivity index (χ3n) is 5.13. The summed E-state index contributed by atoms with van der Waals surface area (Å²) in [5.41, 5.74) is 0.545. The number of ketones is 1. The number of ether oxygens (including phenoxy) is 1. The average molecular weight is 374 g/mol. The van der Waals surface area contributed by atoms with Crippen LogP contribution in [0, 0.1) is 5.92 Å². The Labute approximate surface area is 158 Å². The summed E-state index contributed by atoms with van der Waals surface area (Å²) in [6.07, 6.45) is 3.91. The number of hydrogen-bond donors (Lipinski definition) is 2. The molecule has 0 radical (unpaired) electrons. The number of amides is 1. The van der Waals surface area contributed by atoms with E-state index in [1.54, 1.807) is 24.3 Å². The van der Waals surface area contributed by atoms with Crippen molar-refractivity contribution < 1.29 is 24.2 Å². The quantitative estimate of drug-likeness (QED) is 0.606. The first-order valence-corrected chi connectivity index (χ1v) is 9.39. The molecule has 0 atom stereocenters. The molecule has 2 N–H and O–H groups in total. The van der Waals surface area contributed by atoms with Gasteiger partial charge < -0.3 is 15.2 Å². The number of nitrogens with zero attached hydrogens (tertiary/aromatic N) is 1. The van der Waals surface area contributed by atoms with Gasteiger partial charge in [0.25, 0.3) is 5.91 Å². The molecule has 0 saturated heterocycles. The lowest BCUT2D eigenvalue weighted by Crippen LogP contribution is -2.55. The van der Waals surface area contributed by atoms with Crippen LogP contribution in [0.15, 0.2) is 24.3 Å². The first kappa shape index (κ1) is 19.4. The molecule has 1 aromatic carbocycles. The van der Waals surface area contributed by atoms with Gasteiger partial charge in [0.15, 0.2) is 12.4 Å². The Morgan fingerprint density at radius 3 is 2.63 bits per heavy atom. The lowest BCUT2D eigenvalue weighted by molar-refractivity contribution is -0.140. The van der Waals surface area contributed by atoms with E-state index < -0.39 is 5.97 Å². The second kappa shape index (κ2) is 8.52. The Morgan fingerprint density at radius 1 is 1.26 bits per heavy atom. The summed E-state index contributed by atoms with van der Waals surface area (Å²) in [7, 11) is 0. The third-order valence-corrected chi connectivity index (χ3v) is 5.13. The molecule has 1 amide bonds. The van der Waals surface area contributed by atoms with Crippen LogP contribution >= 0.6 is 0 Å². The molecule has 0 aromatic heterocycles. The normalized spacial score (nSPS) is 21.4. The highest BCUT2D eigenvalue weighted by molar-refractivity contribution is 5.94. The van der Waals surface area contributed by atoms with E-state index in [-0.39, 0.29) is 36.9 Å². The summed E-state index contributed by atoms with van der Waals surface area (Å²) in [6, 6.07) is 7.04. The maximum absolute atomic E-state index is 12.1. The van der Waals surface area contributed by atoms with Crippen molar-refractivity contribution in [2.75, 3.05) is 19.7 Å². The number of carboxylic acids is 1. The molecule has 7 nitrogen and oxygen atoms in total. The topological polar surface area (TPSA) is 95.9 Å². The van der Waals surface area contributed by atoms with Gasteiger partial charge in [-0.2, -0.15) is 0 Å². The molecule has 2 aliphatic carbocycles. The van der Waals surface area contributed by atoms with Crippen LogP contribution in [0.4, 0.5) is 0 Å². The number of carboxylic acid groups (broad SMARTS) is 1. The fourth-order valence-electron chi connectivity index (χ4n) is 3.38. The molecule has 2 aliphatic rings. The van der Waals surface area contributed by atoms with Crippen molar-refractivity contribution in [3.63, 3.8) is 0 Å². The van der Waals surface area contributed by atoms with E-state index in [0.717, 1.165) is 19.4 Å². The van der Waals surface area contributed by atoms with Crippen molar-refractivity contribution >= 4 is 17.7 Å². The van der Waals surface area contributed by atoms with Crippen molar-refractivity contribution in [1.29, 1.82) is 0 Å². The van der Waals surface area contributed by atoms with Gasteiger partial charge in [-0.25, -0.2) is 0 Å². The monoisotopic (exact) mass is 374 g/mol. The number of carbonyl (C=O) groups is 3. The number of aliphatic carboxylic acids is 1. The van der Waals surface area contributed by atoms with Crippen molar-refractivity contribution in [3.05, 3.63) is 29.8 Å². The summed E-state index contributed by atoms with van der Waals surface area (Å²) in [4.78, 5) is 36.5. The minimum atomic E-state index is -0.802. The second-order valence-corrected chi connectivity index (χ2v) is 7.53.